The van der Waals surface area contributed by atoms with E-state index in [1.807, 2.05) is 32.9 Å². The van der Waals surface area contributed by atoms with Crippen molar-refractivity contribution in [3.8, 4) is 0 Å². The molecular formula is C16H19ClN4O. The van der Waals surface area contributed by atoms with E-state index in [1.54, 1.807) is 18.2 Å². The first kappa shape index (κ1) is 16.2. The second-order valence-corrected chi connectivity index (χ2v) is 5.76. The number of nitrogens with one attached hydrogen (secondary N) is 2. The smallest absolute Gasteiger partial charge is 0.270 e. The van der Waals surface area contributed by atoms with Crippen molar-refractivity contribution in [3.05, 3.63) is 52.3 Å². The van der Waals surface area contributed by atoms with E-state index >= 15 is 0 Å². The van der Waals surface area contributed by atoms with Crippen LogP contribution in [0.3, 0.4) is 0 Å². The number of aryl methyl sites for hydroxylation is 1. The molecule has 1 aromatic heterocycles. The number of rotatable bonds is 5. The molecule has 1 heterocycles. The van der Waals surface area contributed by atoms with Crippen molar-refractivity contribution in [1.29, 1.82) is 0 Å². The maximum absolute atomic E-state index is 12.2. The standard InChI is InChI=1S/C16H19ClN4O/c1-10(2)19-16-20-11(3)8-14(21-16)15(22)18-9-12-4-6-13(17)7-5-12/h4-8,10H,9H2,1-3H3,(H,18,22)(H,19,20,21). The van der Waals surface area contributed by atoms with Crippen molar-refractivity contribution in [1.82, 2.24) is 15.3 Å². The lowest BCUT2D eigenvalue weighted by Crippen LogP contribution is -2.25. The van der Waals surface area contributed by atoms with Gasteiger partial charge in [-0.1, -0.05) is 23.7 Å². The van der Waals surface area contributed by atoms with Gasteiger partial charge in [0.15, 0.2) is 0 Å². The van der Waals surface area contributed by atoms with Gasteiger partial charge in [0.1, 0.15) is 5.69 Å². The predicted octanol–water partition coefficient (Wildman–Crippen LogP) is 3.19. The van der Waals surface area contributed by atoms with Gasteiger partial charge in [-0.2, -0.15) is 0 Å². The molecule has 5 nitrogen and oxygen atoms in total. The lowest BCUT2D eigenvalue weighted by molar-refractivity contribution is 0.0945. The number of hydrogen-bond acceptors (Lipinski definition) is 4. The Morgan fingerprint density at radius 3 is 2.55 bits per heavy atom. The van der Waals surface area contributed by atoms with E-state index in [0.29, 0.717) is 23.2 Å². The third-order valence-electron chi connectivity index (χ3n) is 2.87. The summed E-state index contributed by atoms with van der Waals surface area (Å²) in [5.74, 6) is 0.235. The number of halogens is 1. The van der Waals surface area contributed by atoms with E-state index in [4.69, 9.17) is 11.6 Å². The van der Waals surface area contributed by atoms with Crippen molar-refractivity contribution >= 4 is 23.5 Å². The molecule has 2 rings (SSSR count). The third kappa shape index (κ3) is 4.70. The number of carbonyl (C=O) groups is 1. The Morgan fingerprint density at radius 1 is 1.23 bits per heavy atom. The summed E-state index contributed by atoms with van der Waals surface area (Å²) in [7, 11) is 0. The Bertz CT molecular complexity index is 656. The SMILES string of the molecule is Cc1cc(C(=O)NCc2ccc(Cl)cc2)nc(NC(C)C)n1. The molecule has 0 spiro atoms. The van der Waals surface area contributed by atoms with Crippen LogP contribution in [0, 0.1) is 6.92 Å². The molecule has 0 bridgehead atoms. The largest absolute Gasteiger partial charge is 0.352 e. The Labute approximate surface area is 135 Å². The van der Waals surface area contributed by atoms with Crippen LogP contribution in [-0.2, 0) is 6.54 Å². The molecule has 22 heavy (non-hydrogen) atoms. The summed E-state index contributed by atoms with van der Waals surface area (Å²) in [4.78, 5) is 20.7. The van der Waals surface area contributed by atoms with Crippen molar-refractivity contribution in [2.45, 2.75) is 33.4 Å². The molecule has 2 N–H and O–H groups in total. The maximum Gasteiger partial charge on any atom is 0.270 e. The van der Waals surface area contributed by atoms with Crippen LogP contribution in [0.4, 0.5) is 5.95 Å². The van der Waals surface area contributed by atoms with Crippen LogP contribution in [0.1, 0.15) is 35.6 Å². The molecule has 6 heteroatoms. The molecule has 0 saturated heterocycles. The van der Waals surface area contributed by atoms with Gasteiger partial charge < -0.3 is 10.6 Å². The molecule has 1 aromatic carbocycles. The van der Waals surface area contributed by atoms with Crippen molar-refractivity contribution in [2.24, 2.45) is 0 Å². The van der Waals surface area contributed by atoms with Crippen LogP contribution < -0.4 is 10.6 Å². The lowest BCUT2D eigenvalue weighted by atomic mass is 10.2. The molecule has 2 aromatic rings. The van der Waals surface area contributed by atoms with E-state index in [0.717, 1.165) is 11.3 Å². The molecule has 0 aliphatic carbocycles. The molecule has 0 aliphatic heterocycles. The van der Waals surface area contributed by atoms with Crippen LogP contribution >= 0.6 is 11.6 Å². The highest BCUT2D eigenvalue weighted by molar-refractivity contribution is 6.30. The van der Waals surface area contributed by atoms with Gasteiger partial charge in [0, 0.05) is 23.3 Å². The maximum atomic E-state index is 12.2. The third-order valence-corrected chi connectivity index (χ3v) is 3.12. The first-order valence-corrected chi connectivity index (χ1v) is 7.46. The Balaban J connectivity index is 2.05. The average molecular weight is 319 g/mol. The fraction of sp³-hybridized carbons (Fsp3) is 0.312. The van der Waals surface area contributed by atoms with E-state index in [1.165, 1.54) is 0 Å². The molecule has 1 amide bonds. The Kier molecular flexibility index (Phi) is 5.33. The highest BCUT2D eigenvalue weighted by Gasteiger charge is 2.11. The first-order valence-electron chi connectivity index (χ1n) is 7.09. The lowest BCUT2D eigenvalue weighted by Gasteiger charge is -2.11. The summed E-state index contributed by atoms with van der Waals surface area (Å²) in [6.07, 6.45) is 0. The number of amides is 1. The normalized spacial score (nSPS) is 10.6. The van der Waals surface area contributed by atoms with Gasteiger partial charge in [0.05, 0.1) is 0 Å². The average Bonchev–Trinajstić information content (AvgIpc) is 2.45. The van der Waals surface area contributed by atoms with Gasteiger partial charge in [0.25, 0.3) is 5.91 Å². The van der Waals surface area contributed by atoms with Crippen molar-refractivity contribution in [2.75, 3.05) is 5.32 Å². The number of benzene rings is 1. The minimum Gasteiger partial charge on any atom is -0.352 e. The van der Waals surface area contributed by atoms with Crippen LogP contribution in [0.25, 0.3) is 0 Å². The molecule has 0 unspecified atom stereocenters. The summed E-state index contributed by atoms with van der Waals surface area (Å²) in [5, 5.41) is 6.62. The zero-order valence-electron chi connectivity index (χ0n) is 12.9. The number of carbonyl (C=O) groups excluding carboxylic acids is 1. The number of hydrogen-bond donors (Lipinski definition) is 2. The molecule has 0 aliphatic rings. The predicted molar refractivity (Wildman–Crippen MR) is 88.1 cm³/mol. The van der Waals surface area contributed by atoms with Gasteiger partial charge in [-0.05, 0) is 44.5 Å². The minimum atomic E-state index is -0.229. The summed E-state index contributed by atoms with van der Waals surface area (Å²) in [5.41, 5.74) is 2.07. The van der Waals surface area contributed by atoms with E-state index in [2.05, 4.69) is 20.6 Å². The van der Waals surface area contributed by atoms with Gasteiger partial charge in [-0.15, -0.1) is 0 Å². The number of aromatic nitrogens is 2. The van der Waals surface area contributed by atoms with Crippen LogP contribution in [0.2, 0.25) is 5.02 Å². The van der Waals surface area contributed by atoms with E-state index in [9.17, 15) is 4.79 Å². The van der Waals surface area contributed by atoms with Crippen LogP contribution in [-0.4, -0.2) is 21.9 Å². The zero-order chi connectivity index (χ0) is 16.1. The van der Waals surface area contributed by atoms with Gasteiger partial charge >= 0.3 is 0 Å². The molecule has 0 fully saturated rings. The fourth-order valence-corrected chi connectivity index (χ4v) is 2.01. The molecule has 0 saturated carbocycles. The zero-order valence-corrected chi connectivity index (χ0v) is 13.6. The molecule has 0 atom stereocenters. The Hall–Kier alpha value is -2.14. The molecule has 0 radical (unpaired) electrons. The first-order chi connectivity index (χ1) is 10.4. The van der Waals surface area contributed by atoms with E-state index in [-0.39, 0.29) is 11.9 Å². The summed E-state index contributed by atoms with van der Waals surface area (Å²) in [6, 6.07) is 9.21. The summed E-state index contributed by atoms with van der Waals surface area (Å²) < 4.78 is 0. The molecule has 116 valence electrons. The summed E-state index contributed by atoms with van der Waals surface area (Å²) >= 11 is 5.84. The van der Waals surface area contributed by atoms with Crippen molar-refractivity contribution < 1.29 is 4.79 Å². The highest BCUT2D eigenvalue weighted by atomic mass is 35.5. The van der Waals surface area contributed by atoms with Crippen molar-refractivity contribution in [3.63, 3.8) is 0 Å². The van der Waals surface area contributed by atoms with Gasteiger partial charge in [-0.3, -0.25) is 4.79 Å². The molecular weight excluding hydrogens is 300 g/mol. The van der Waals surface area contributed by atoms with Crippen LogP contribution in [0.5, 0.6) is 0 Å². The highest BCUT2D eigenvalue weighted by Crippen LogP contribution is 2.10. The number of anilines is 1. The summed E-state index contributed by atoms with van der Waals surface area (Å²) in [6.45, 7) is 6.24. The Morgan fingerprint density at radius 2 is 1.91 bits per heavy atom. The topological polar surface area (TPSA) is 66.9 Å². The van der Waals surface area contributed by atoms with Gasteiger partial charge in [-0.25, -0.2) is 9.97 Å². The van der Waals surface area contributed by atoms with E-state index < -0.39 is 0 Å². The fourth-order valence-electron chi connectivity index (χ4n) is 1.88. The van der Waals surface area contributed by atoms with Gasteiger partial charge in [0.2, 0.25) is 5.95 Å². The minimum absolute atomic E-state index is 0.201. The second-order valence-electron chi connectivity index (χ2n) is 5.33. The second kappa shape index (κ2) is 7.22. The number of nitrogens with zero attached hydrogens (tertiary/aromatic N) is 2. The quantitative estimate of drug-likeness (QED) is 0.888. The van der Waals surface area contributed by atoms with Crippen LogP contribution in [0.15, 0.2) is 30.3 Å². The monoisotopic (exact) mass is 318 g/mol.